The number of carbonyl (C=O) groups excluding carboxylic acids is 1. The summed E-state index contributed by atoms with van der Waals surface area (Å²) in [6.07, 6.45) is 0. The number of halogens is 3. The highest BCUT2D eigenvalue weighted by Gasteiger charge is 2.47. The molecule has 0 aliphatic heterocycles. The van der Waals surface area contributed by atoms with E-state index in [0.717, 1.165) is 12.1 Å². The van der Waals surface area contributed by atoms with Crippen molar-refractivity contribution in [2.45, 2.75) is 18.9 Å². The fourth-order valence-electron chi connectivity index (χ4n) is 1.44. The van der Waals surface area contributed by atoms with Crippen molar-refractivity contribution in [3.63, 3.8) is 0 Å². The molecule has 4 nitrogen and oxygen atoms in total. The van der Waals surface area contributed by atoms with E-state index in [-0.39, 0.29) is 17.9 Å². The lowest BCUT2D eigenvalue weighted by atomic mass is 10.0. The molecule has 0 heterocycles. The molecule has 0 spiro atoms. The summed E-state index contributed by atoms with van der Waals surface area (Å²) in [7, 11) is 1.24. The van der Waals surface area contributed by atoms with Crippen LogP contribution in [0.3, 0.4) is 0 Å². The first-order valence-electron chi connectivity index (χ1n) is 5.48. The number of methoxy groups -OCH3 is 1. The fourth-order valence-corrected chi connectivity index (χ4v) is 1.44. The third-order valence-electron chi connectivity index (χ3n) is 2.47. The summed E-state index contributed by atoms with van der Waals surface area (Å²) in [5, 5.41) is 0. The van der Waals surface area contributed by atoms with Crippen LogP contribution in [0.4, 0.5) is 13.2 Å². The normalized spacial score (nSPS) is 12.9. The van der Waals surface area contributed by atoms with Crippen molar-refractivity contribution < 1.29 is 27.4 Å². The lowest BCUT2D eigenvalue weighted by molar-refractivity contribution is -0.174. The van der Waals surface area contributed by atoms with E-state index >= 15 is 0 Å². The van der Waals surface area contributed by atoms with E-state index in [9.17, 15) is 18.0 Å². The van der Waals surface area contributed by atoms with Gasteiger partial charge in [-0.25, -0.2) is 9.18 Å². The van der Waals surface area contributed by atoms with Crippen molar-refractivity contribution in [3.05, 3.63) is 29.6 Å². The standard InChI is InChI=1S/C12H14F3NO3/c1-3-19-11(17)12(14,15)10(16)7-4-5-9(18-2)8(13)6-7/h4-6,10H,3,16H2,1-2H3/t10-/m0/s1. The van der Waals surface area contributed by atoms with Gasteiger partial charge < -0.3 is 15.2 Å². The Morgan fingerprint density at radius 2 is 2.11 bits per heavy atom. The van der Waals surface area contributed by atoms with Crippen LogP contribution in [0, 0.1) is 5.82 Å². The van der Waals surface area contributed by atoms with Gasteiger partial charge in [0.1, 0.15) is 6.04 Å². The Morgan fingerprint density at radius 1 is 1.47 bits per heavy atom. The monoisotopic (exact) mass is 277 g/mol. The van der Waals surface area contributed by atoms with Gasteiger partial charge in [0.15, 0.2) is 11.6 Å². The highest BCUT2D eigenvalue weighted by molar-refractivity contribution is 5.78. The number of carbonyl (C=O) groups is 1. The Bertz CT molecular complexity index is 466. The number of esters is 1. The molecule has 0 radical (unpaired) electrons. The maximum absolute atomic E-state index is 13.6. The molecule has 0 saturated carbocycles. The second-order valence-corrected chi connectivity index (χ2v) is 3.72. The summed E-state index contributed by atoms with van der Waals surface area (Å²) < 4.78 is 49.6. The average molecular weight is 277 g/mol. The second kappa shape index (κ2) is 5.92. The van der Waals surface area contributed by atoms with Crippen LogP contribution in [0.25, 0.3) is 0 Å². The molecular formula is C12H14F3NO3. The molecule has 7 heteroatoms. The smallest absolute Gasteiger partial charge is 0.379 e. The molecule has 0 fully saturated rings. The number of nitrogens with two attached hydrogens (primary N) is 1. The van der Waals surface area contributed by atoms with Gasteiger partial charge in [-0.05, 0) is 24.6 Å². The van der Waals surface area contributed by atoms with E-state index in [2.05, 4.69) is 9.47 Å². The first kappa shape index (κ1) is 15.3. The van der Waals surface area contributed by atoms with E-state index in [1.54, 1.807) is 0 Å². The van der Waals surface area contributed by atoms with E-state index in [1.165, 1.54) is 20.1 Å². The maximum atomic E-state index is 13.6. The molecule has 0 saturated heterocycles. The number of alkyl halides is 2. The molecule has 106 valence electrons. The molecule has 0 amide bonds. The van der Waals surface area contributed by atoms with Crippen LogP contribution in [-0.2, 0) is 9.53 Å². The van der Waals surface area contributed by atoms with Crippen LogP contribution in [0.5, 0.6) is 5.75 Å². The Hall–Kier alpha value is -1.76. The molecule has 1 aromatic carbocycles. The van der Waals surface area contributed by atoms with Gasteiger partial charge in [0.05, 0.1) is 13.7 Å². The minimum absolute atomic E-state index is 0.101. The molecule has 0 unspecified atom stereocenters. The van der Waals surface area contributed by atoms with E-state index in [0.29, 0.717) is 0 Å². The van der Waals surface area contributed by atoms with Crippen molar-refractivity contribution in [2.75, 3.05) is 13.7 Å². The summed E-state index contributed by atoms with van der Waals surface area (Å²) in [6, 6.07) is 1.13. The van der Waals surface area contributed by atoms with Crippen molar-refractivity contribution in [2.24, 2.45) is 5.73 Å². The lowest BCUT2D eigenvalue weighted by Gasteiger charge is -2.22. The zero-order valence-corrected chi connectivity index (χ0v) is 10.5. The summed E-state index contributed by atoms with van der Waals surface area (Å²) >= 11 is 0. The van der Waals surface area contributed by atoms with Crippen LogP contribution in [0.1, 0.15) is 18.5 Å². The number of ether oxygens (including phenoxy) is 2. The van der Waals surface area contributed by atoms with Crippen LogP contribution in [0.15, 0.2) is 18.2 Å². The number of hydrogen-bond acceptors (Lipinski definition) is 4. The zero-order valence-electron chi connectivity index (χ0n) is 10.5. The summed E-state index contributed by atoms with van der Waals surface area (Å²) in [6.45, 7) is 1.20. The van der Waals surface area contributed by atoms with Gasteiger partial charge in [0.2, 0.25) is 0 Å². The fraction of sp³-hybridized carbons (Fsp3) is 0.417. The van der Waals surface area contributed by atoms with Crippen molar-refractivity contribution >= 4 is 5.97 Å². The van der Waals surface area contributed by atoms with Crippen LogP contribution in [0.2, 0.25) is 0 Å². The SMILES string of the molecule is CCOC(=O)C(F)(F)[C@@H](N)c1ccc(OC)c(F)c1. The average Bonchev–Trinajstić information content (AvgIpc) is 2.37. The Morgan fingerprint density at radius 3 is 2.58 bits per heavy atom. The van der Waals surface area contributed by atoms with Gasteiger partial charge >= 0.3 is 11.9 Å². The molecule has 1 rings (SSSR count). The number of hydrogen-bond donors (Lipinski definition) is 1. The van der Waals surface area contributed by atoms with Gasteiger partial charge in [-0.2, -0.15) is 8.78 Å². The van der Waals surface area contributed by atoms with Crippen molar-refractivity contribution in [1.29, 1.82) is 0 Å². The minimum Gasteiger partial charge on any atom is -0.494 e. The van der Waals surface area contributed by atoms with Crippen LogP contribution < -0.4 is 10.5 Å². The van der Waals surface area contributed by atoms with Gasteiger partial charge in [0.25, 0.3) is 0 Å². The molecule has 0 aliphatic rings. The highest BCUT2D eigenvalue weighted by atomic mass is 19.3. The van der Waals surface area contributed by atoms with Gasteiger partial charge in [0, 0.05) is 0 Å². The highest BCUT2D eigenvalue weighted by Crippen LogP contribution is 2.32. The summed E-state index contributed by atoms with van der Waals surface area (Å²) in [5.74, 6) is -6.61. The van der Waals surface area contributed by atoms with Crippen LogP contribution >= 0.6 is 0 Å². The lowest BCUT2D eigenvalue weighted by Crippen LogP contribution is -2.41. The Labute approximate surface area is 108 Å². The molecule has 1 aromatic rings. The Kier molecular flexibility index (Phi) is 4.77. The summed E-state index contributed by atoms with van der Waals surface area (Å²) in [5.41, 5.74) is 5.08. The third-order valence-corrected chi connectivity index (χ3v) is 2.47. The molecule has 2 N–H and O–H groups in total. The molecular weight excluding hydrogens is 263 g/mol. The van der Waals surface area contributed by atoms with Gasteiger partial charge in [-0.15, -0.1) is 0 Å². The van der Waals surface area contributed by atoms with Gasteiger partial charge in [-0.1, -0.05) is 6.07 Å². The second-order valence-electron chi connectivity index (χ2n) is 3.72. The maximum Gasteiger partial charge on any atom is 0.379 e. The quantitative estimate of drug-likeness (QED) is 0.836. The van der Waals surface area contributed by atoms with Crippen LogP contribution in [-0.4, -0.2) is 25.6 Å². The number of benzene rings is 1. The molecule has 0 bridgehead atoms. The van der Waals surface area contributed by atoms with E-state index < -0.39 is 23.8 Å². The van der Waals surface area contributed by atoms with Gasteiger partial charge in [-0.3, -0.25) is 0 Å². The molecule has 0 aromatic heterocycles. The predicted molar refractivity (Wildman–Crippen MR) is 61.5 cm³/mol. The minimum atomic E-state index is -3.93. The van der Waals surface area contributed by atoms with Crippen molar-refractivity contribution in [3.8, 4) is 5.75 Å². The zero-order chi connectivity index (χ0) is 14.6. The predicted octanol–water partition coefficient (Wildman–Crippen LogP) is 2.03. The molecule has 1 atom stereocenters. The Balaban J connectivity index is 3.02. The molecule has 19 heavy (non-hydrogen) atoms. The first-order valence-corrected chi connectivity index (χ1v) is 5.48. The summed E-state index contributed by atoms with van der Waals surface area (Å²) in [4.78, 5) is 11.1. The number of rotatable bonds is 5. The third kappa shape index (κ3) is 3.17. The van der Waals surface area contributed by atoms with E-state index in [4.69, 9.17) is 5.73 Å². The largest absolute Gasteiger partial charge is 0.494 e. The van der Waals surface area contributed by atoms with E-state index in [1.807, 2.05) is 0 Å². The first-order chi connectivity index (χ1) is 8.84. The topological polar surface area (TPSA) is 61.5 Å². The van der Waals surface area contributed by atoms with Crippen molar-refractivity contribution in [1.82, 2.24) is 0 Å². The molecule has 0 aliphatic carbocycles.